The van der Waals surface area contributed by atoms with Gasteiger partial charge in [0, 0.05) is 22.7 Å². The van der Waals surface area contributed by atoms with Crippen LogP contribution < -0.4 is 4.74 Å². The molecule has 3 nitrogen and oxygen atoms in total. The van der Waals surface area contributed by atoms with Crippen LogP contribution in [0.1, 0.15) is 17.2 Å². The van der Waals surface area contributed by atoms with Gasteiger partial charge in [-0.05, 0) is 18.2 Å². The van der Waals surface area contributed by atoms with E-state index < -0.39 is 6.10 Å². The summed E-state index contributed by atoms with van der Waals surface area (Å²) in [6.45, 7) is 0. The average molecular weight is 265 g/mol. The Balaban J connectivity index is 2.05. The van der Waals surface area contributed by atoms with Crippen molar-refractivity contribution >= 4 is 10.9 Å². The maximum absolute atomic E-state index is 10.5. The first-order valence-corrected chi connectivity index (χ1v) is 6.45. The Bertz CT molecular complexity index is 740. The SMILES string of the molecule is COc1ccccc1C(O)c1cnc2ccccc2c1. The number of aliphatic hydroxyl groups is 1. The smallest absolute Gasteiger partial charge is 0.125 e. The summed E-state index contributed by atoms with van der Waals surface area (Å²) in [5, 5.41) is 11.6. The van der Waals surface area contributed by atoms with Crippen LogP contribution in [0, 0.1) is 0 Å². The van der Waals surface area contributed by atoms with Crippen LogP contribution in [0.4, 0.5) is 0 Å². The lowest BCUT2D eigenvalue weighted by Gasteiger charge is -2.15. The highest BCUT2D eigenvalue weighted by atomic mass is 16.5. The third-order valence-electron chi connectivity index (χ3n) is 3.36. The molecular formula is C17H15NO2. The summed E-state index contributed by atoms with van der Waals surface area (Å²) in [5.41, 5.74) is 2.42. The van der Waals surface area contributed by atoms with Gasteiger partial charge in [0.15, 0.2) is 0 Å². The Morgan fingerprint density at radius 1 is 1.05 bits per heavy atom. The lowest BCUT2D eigenvalue weighted by Crippen LogP contribution is -2.02. The number of ether oxygens (including phenoxy) is 1. The second kappa shape index (κ2) is 5.31. The van der Waals surface area contributed by atoms with Gasteiger partial charge in [0.2, 0.25) is 0 Å². The number of aliphatic hydroxyl groups excluding tert-OH is 1. The number of aromatic nitrogens is 1. The van der Waals surface area contributed by atoms with Crippen LogP contribution in [0.25, 0.3) is 10.9 Å². The molecule has 0 radical (unpaired) electrons. The van der Waals surface area contributed by atoms with Crippen LogP contribution >= 0.6 is 0 Å². The van der Waals surface area contributed by atoms with Gasteiger partial charge in [-0.25, -0.2) is 0 Å². The van der Waals surface area contributed by atoms with Crippen LogP contribution in [-0.2, 0) is 0 Å². The zero-order valence-electron chi connectivity index (χ0n) is 11.2. The number of para-hydroxylation sites is 2. The molecule has 1 N–H and O–H groups in total. The van der Waals surface area contributed by atoms with Crippen LogP contribution in [0.5, 0.6) is 5.75 Å². The van der Waals surface area contributed by atoms with Gasteiger partial charge in [-0.1, -0.05) is 36.4 Å². The van der Waals surface area contributed by atoms with Gasteiger partial charge in [0.05, 0.1) is 12.6 Å². The fraction of sp³-hybridized carbons (Fsp3) is 0.118. The Labute approximate surface area is 117 Å². The minimum absolute atomic E-state index is 0.674. The molecule has 100 valence electrons. The molecular weight excluding hydrogens is 250 g/mol. The first-order valence-electron chi connectivity index (χ1n) is 6.45. The molecule has 3 rings (SSSR count). The van der Waals surface area contributed by atoms with Crippen molar-refractivity contribution in [3.63, 3.8) is 0 Å². The van der Waals surface area contributed by atoms with Crippen molar-refractivity contribution in [3.05, 3.63) is 71.9 Å². The van der Waals surface area contributed by atoms with E-state index in [0.29, 0.717) is 5.75 Å². The lowest BCUT2D eigenvalue weighted by molar-refractivity contribution is 0.214. The van der Waals surface area contributed by atoms with Gasteiger partial charge in [0.1, 0.15) is 11.9 Å². The second-order valence-electron chi connectivity index (χ2n) is 4.61. The summed E-state index contributed by atoms with van der Waals surface area (Å²) in [5.74, 6) is 0.674. The minimum Gasteiger partial charge on any atom is -0.496 e. The molecule has 1 aromatic heterocycles. The summed E-state index contributed by atoms with van der Waals surface area (Å²) in [7, 11) is 1.60. The fourth-order valence-corrected chi connectivity index (χ4v) is 2.31. The number of rotatable bonds is 3. The van der Waals surface area contributed by atoms with Crippen LogP contribution in [0.15, 0.2) is 60.8 Å². The molecule has 0 amide bonds. The maximum Gasteiger partial charge on any atom is 0.125 e. The van der Waals surface area contributed by atoms with E-state index in [9.17, 15) is 5.11 Å². The molecule has 0 bridgehead atoms. The van der Waals surface area contributed by atoms with Crippen LogP contribution in [0.3, 0.4) is 0 Å². The van der Waals surface area contributed by atoms with E-state index in [-0.39, 0.29) is 0 Å². The highest BCUT2D eigenvalue weighted by Gasteiger charge is 2.15. The maximum atomic E-state index is 10.5. The molecule has 1 unspecified atom stereocenters. The average Bonchev–Trinajstić information content (AvgIpc) is 2.53. The molecule has 0 saturated heterocycles. The number of benzene rings is 2. The van der Waals surface area contributed by atoms with E-state index >= 15 is 0 Å². The quantitative estimate of drug-likeness (QED) is 0.790. The zero-order valence-corrected chi connectivity index (χ0v) is 11.2. The Hall–Kier alpha value is -2.39. The Morgan fingerprint density at radius 3 is 2.65 bits per heavy atom. The second-order valence-corrected chi connectivity index (χ2v) is 4.61. The predicted molar refractivity (Wildman–Crippen MR) is 78.8 cm³/mol. The largest absolute Gasteiger partial charge is 0.496 e. The van der Waals surface area contributed by atoms with Gasteiger partial charge in [-0.15, -0.1) is 0 Å². The van der Waals surface area contributed by atoms with Crippen LogP contribution in [0.2, 0.25) is 0 Å². The van der Waals surface area contributed by atoms with Crippen LogP contribution in [-0.4, -0.2) is 17.2 Å². The van der Waals surface area contributed by atoms with E-state index in [1.54, 1.807) is 13.3 Å². The van der Waals surface area contributed by atoms with E-state index in [1.807, 2.05) is 54.6 Å². The van der Waals surface area contributed by atoms with Crippen molar-refractivity contribution < 1.29 is 9.84 Å². The molecule has 0 saturated carbocycles. The fourth-order valence-electron chi connectivity index (χ4n) is 2.31. The van der Waals surface area contributed by atoms with Gasteiger partial charge in [0.25, 0.3) is 0 Å². The third kappa shape index (κ3) is 2.24. The molecule has 1 heterocycles. The van der Waals surface area contributed by atoms with Gasteiger partial charge in [-0.2, -0.15) is 0 Å². The molecule has 1 atom stereocenters. The number of hydrogen-bond donors (Lipinski definition) is 1. The zero-order chi connectivity index (χ0) is 13.9. The van der Waals surface area contributed by atoms with Gasteiger partial charge >= 0.3 is 0 Å². The van der Waals surface area contributed by atoms with Crippen molar-refractivity contribution in [2.45, 2.75) is 6.10 Å². The lowest BCUT2D eigenvalue weighted by atomic mass is 10.0. The van der Waals surface area contributed by atoms with Gasteiger partial charge < -0.3 is 9.84 Å². The molecule has 3 aromatic rings. The minimum atomic E-state index is -0.747. The third-order valence-corrected chi connectivity index (χ3v) is 3.36. The molecule has 0 fully saturated rings. The normalized spacial score (nSPS) is 12.3. The van der Waals surface area contributed by atoms with Crippen molar-refractivity contribution in [2.75, 3.05) is 7.11 Å². The summed E-state index contributed by atoms with van der Waals surface area (Å²) in [4.78, 5) is 4.38. The topological polar surface area (TPSA) is 42.4 Å². The van der Waals surface area contributed by atoms with Crippen molar-refractivity contribution in [1.29, 1.82) is 0 Å². The molecule has 3 heteroatoms. The first kappa shape index (κ1) is 12.6. The Morgan fingerprint density at radius 2 is 1.80 bits per heavy atom. The van der Waals surface area contributed by atoms with Gasteiger partial charge in [-0.3, -0.25) is 4.98 Å². The van der Waals surface area contributed by atoms with Crippen molar-refractivity contribution in [3.8, 4) is 5.75 Å². The van der Waals surface area contributed by atoms with E-state index in [4.69, 9.17) is 4.74 Å². The number of hydrogen-bond acceptors (Lipinski definition) is 3. The number of pyridine rings is 1. The highest BCUT2D eigenvalue weighted by Crippen LogP contribution is 2.30. The van der Waals surface area contributed by atoms with Crippen molar-refractivity contribution in [1.82, 2.24) is 4.98 Å². The molecule has 0 aliphatic heterocycles. The number of methoxy groups -OCH3 is 1. The number of fused-ring (bicyclic) bond motifs is 1. The summed E-state index contributed by atoms with van der Waals surface area (Å²) >= 11 is 0. The number of nitrogens with zero attached hydrogens (tertiary/aromatic N) is 1. The monoisotopic (exact) mass is 265 g/mol. The Kier molecular flexibility index (Phi) is 3.35. The summed E-state index contributed by atoms with van der Waals surface area (Å²) in [6.07, 6.45) is 0.961. The summed E-state index contributed by atoms with van der Waals surface area (Å²) in [6, 6.07) is 17.3. The van der Waals surface area contributed by atoms with E-state index in [2.05, 4.69) is 4.98 Å². The molecule has 0 spiro atoms. The van der Waals surface area contributed by atoms with E-state index in [0.717, 1.165) is 22.0 Å². The molecule has 0 aliphatic carbocycles. The predicted octanol–water partition coefficient (Wildman–Crippen LogP) is 3.33. The summed E-state index contributed by atoms with van der Waals surface area (Å²) < 4.78 is 5.30. The molecule has 0 aliphatic rings. The molecule has 20 heavy (non-hydrogen) atoms. The van der Waals surface area contributed by atoms with Crippen molar-refractivity contribution in [2.24, 2.45) is 0 Å². The first-order chi connectivity index (χ1) is 9.79. The highest BCUT2D eigenvalue weighted by molar-refractivity contribution is 5.78. The standard InChI is InChI=1S/C17H15NO2/c1-20-16-9-5-3-7-14(16)17(19)13-10-12-6-2-4-8-15(12)18-11-13/h2-11,17,19H,1H3. The van der Waals surface area contributed by atoms with E-state index in [1.165, 1.54) is 0 Å². The molecule has 2 aromatic carbocycles.